The van der Waals surface area contributed by atoms with Crippen LogP contribution in [0.15, 0.2) is 41.8 Å². The van der Waals surface area contributed by atoms with Crippen LogP contribution in [0.2, 0.25) is 0 Å². The first-order chi connectivity index (χ1) is 12.1. The molecule has 0 aliphatic carbocycles. The summed E-state index contributed by atoms with van der Waals surface area (Å²) < 4.78 is 1.82. The van der Waals surface area contributed by atoms with Gasteiger partial charge in [-0.1, -0.05) is 18.2 Å². The van der Waals surface area contributed by atoms with Crippen LogP contribution in [0.1, 0.15) is 16.7 Å². The molecule has 0 aliphatic heterocycles. The second-order valence-electron chi connectivity index (χ2n) is 6.41. The van der Waals surface area contributed by atoms with Crippen molar-refractivity contribution in [3.8, 4) is 0 Å². The molecule has 3 aromatic rings. The summed E-state index contributed by atoms with van der Waals surface area (Å²) >= 11 is 0. The van der Waals surface area contributed by atoms with E-state index in [1.165, 1.54) is 27.6 Å². The van der Waals surface area contributed by atoms with Crippen LogP contribution in [0.4, 0.5) is 0 Å². The summed E-state index contributed by atoms with van der Waals surface area (Å²) in [6, 6.07) is 6.43. The molecule has 25 heavy (non-hydrogen) atoms. The number of nitrogens with zero attached hydrogens (tertiary/aromatic N) is 4. The molecule has 0 bridgehead atoms. The van der Waals surface area contributed by atoms with Crippen LogP contribution in [0.25, 0.3) is 10.9 Å². The summed E-state index contributed by atoms with van der Waals surface area (Å²) in [5, 5.41) is 8.97. The Kier molecular flexibility index (Phi) is 5.07. The fraction of sp³-hybridized carbons (Fsp3) is 0.368. The van der Waals surface area contributed by atoms with E-state index in [0.717, 1.165) is 25.5 Å². The number of nitrogens with one attached hydrogen (secondary N) is 2. The molecule has 0 spiro atoms. The van der Waals surface area contributed by atoms with Gasteiger partial charge in [-0.25, -0.2) is 0 Å². The third kappa shape index (κ3) is 3.84. The minimum Gasteiger partial charge on any atom is -0.361 e. The van der Waals surface area contributed by atoms with E-state index in [0.29, 0.717) is 0 Å². The highest BCUT2D eigenvalue weighted by Gasteiger charge is 2.09. The highest BCUT2D eigenvalue weighted by atomic mass is 15.3. The molecule has 0 saturated carbocycles. The lowest BCUT2D eigenvalue weighted by Crippen LogP contribution is -2.39. The van der Waals surface area contributed by atoms with Crippen molar-refractivity contribution in [3.05, 3.63) is 53.5 Å². The van der Waals surface area contributed by atoms with Gasteiger partial charge < -0.3 is 15.2 Å². The number of benzene rings is 1. The molecular formula is C19H26N6. The second kappa shape index (κ2) is 7.42. The average molecular weight is 338 g/mol. The molecule has 0 atom stereocenters. The number of fused-ring (bicyclic) bond motifs is 1. The van der Waals surface area contributed by atoms with E-state index >= 15 is 0 Å². The van der Waals surface area contributed by atoms with Gasteiger partial charge in [0.1, 0.15) is 0 Å². The summed E-state index contributed by atoms with van der Waals surface area (Å²) in [6.07, 6.45) is 6.97. The molecule has 1 aromatic carbocycles. The number of guanidine groups is 1. The summed E-state index contributed by atoms with van der Waals surface area (Å²) in [7, 11) is 5.79. The van der Waals surface area contributed by atoms with Gasteiger partial charge in [-0.05, 0) is 24.5 Å². The van der Waals surface area contributed by atoms with Gasteiger partial charge in [-0.2, -0.15) is 5.10 Å². The molecule has 0 unspecified atom stereocenters. The van der Waals surface area contributed by atoms with Crippen molar-refractivity contribution in [3.63, 3.8) is 0 Å². The van der Waals surface area contributed by atoms with Crippen molar-refractivity contribution in [2.75, 3.05) is 20.6 Å². The summed E-state index contributed by atoms with van der Waals surface area (Å²) in [4.78, 5) is 9.88. The largest absolute Gasteiger partial charge is 0.361 e. The number of H-pyrrole nitrogens is 1. The fourth-order valence-electron chi connectivity index (χ4n) is 3.17. The molecular weight excluding hydrogens is 312 g/mol. The Balaban J connectivity index is 1.58. The molecule has 0 amide bonds. The zero-order valence-corrected chi connectivity index (χ0v) is 15.4. The first-order valence-corrected chi connectivity index (χ1v) is 8.53. The maximum absolute atomic E-state index is 4.38. The summed E-state index contributed by atoms with van der Waals surface area (Å²) in [6.45, 7) is 3.75. The van der Waals surface area contributed by atoms with E-state index < -0.39 is 0 Å². The third-order valence-corrected chi connectivity index (χ3v) is 4.44. The first kappa shape index (κ1) is 17.1. The number of aromatic nitrogens is 3. The molecule has 6 heteroatoms. The number of hydrogen-bond donors (Lipinski definition) is 2. The molecule has 0 saturated heterocycles. The van der Waals surface area contributed by atoms with Gasteiger partial charge in [0.2, 0.25) is 0 Å². The molecule has 3 rings (SSSR count). The second-order valence-corrected chi connectivity index (χ2v) is 6.41. The van der Waals surface area contributed by atoms with Gasteiger partial charge in [0.05, 0.1) is 6.20 Å². The van der Waals surface area contributed by atoms with Crippen LogP contribution in [-0.2, 0) is 20.0 Å². The standard InChI is InChI=1S/C19H26N6/c1-14-6-5-7-17-16(11-22-18(14)17)8-9-21-19(20-2)24(3)12-15-10-23-25(4)13-15/h5-7,10-11,13,22H,8-9,12H2,1-4H3,(H,20,21). The molecule has 0 radical (unpaired) electrons. The van der Waals surface area contributed by atoms with Crippen LogP contribution >= 0.6 is 0 Å². The Morgan fingerprint density at radius 1 is 1.40 bits per heavy atom. The van der Waals surface area contributed by atoms with E-state index in [2.05, 4.69) is 56.6 Å². The van der Waals surface area contributed by atoms with Crippen molar-refractivity contribution in [1.29, 1.82) is 0 Å². The Bertz CT molecular complexity index is 873. The quantitative estimate of drug-likeness (QED) is 0.555. The van der Waals surface area contributed by atoms with E-state index in [1.54, 1.807) is 0 Å². The third-order valence-electron chi connectivity index (χ3n) is 4.44. The minimum absolute atomic E-state index is 0.778. The molecule has 0 fully saturated rings. The predicted octanol–water partition coefficient (Wildman–Crippen LogP) is 2.46. The predicted molar refractivity (Wildman–Crippen MR) is 103 cm³/mol. The van der Waals surface area contributed by atoms with Crippen LogP contribution < -0.4 is 5.32 Å². The van der Waals surface area contributed by atoms with Crippen LogP contribution in [0, 0.1) is 6.92 Å². The minimum atomic E-state index is 0.778. The molecule has 2 aromatic heterocycles. The molecule has 0 aliphatic rings. The molecule has 132 valence electrons. The summed E-state index contributed by atoms with van der Waals surface area (Å²) in [5.74, 6) is 0.889. The van der Waals surface area contributed by atoms with Crippen molar-refractivity contribution < 1.29 is 0 Å². The van der Waals surface area contributed by atoms with E-state index in [1.807, 2.05) is 38.2 Å². The van der Waals surface area contributed by atoms with Gasteiger partial charge >= 0.3 is 0 Å². The Morgan fingerprint density at radius 2 is 2.24 bits per heavy atom. The smallest absolute Gasteiger partial charge is 0.193 e. The topological polar surface area (TPSA) is 61.2 Å². The first-order valence-electron chi connectivity index (χ1n) is 8.53. The van der Waals surface area contributed by atoms with Crippen LogP contribution in [0.5, 0.6) is 0 Å². The number of hydrogen-bond acceptors (Lipinski definition) is 2. The lowest BCUT2D eigenvalue weighted by atomic mass is 10.1. The number of aryl methyl sites for hydroxylation is 2. The maximum Gasteiger partial charge on any atom is 0.193 e. The maximum atomic E-state index is 4.38. The Morgan fingerprint density at radius 3 is 2.96 bits per heavy atom. The highest BCUT2D eigenvalue weighted by Crippen LogP contribution is 2.21. The highest BCUT2D eigenvalue weighted by molar-refractivity contribution is 5.86. The molecule has 2 N–H and O–H groups in total. The average Bonchev–Trinajstić information content (AvgIpc) is 3.19. The fourth-order valence-corrected chi connectivity index (χ4v) is 3.17. The van der Waals surface area contributed by atoms with Crippen LogP contribution in [-0.4, -0.2) is 46.3 Å². The van der Waals surface area contributed by atoms with Crippen molar-refractivity contribution in [2.45, 2.75) is 19.9 Å². The Labute approximate surface area is 148 Å². The zero-order chi connectivity index (χ0) is 17.8. The van der Waals surface area contributed by atoms with E-state index in [9.17, 15) is 0 Å². The van der Waals surface area contributed by atoms with E-state index in [-0.39, 0.29) is 0 Å². The molecule has 2 heterocycles. The van der Waals surface area contributed by atoms with Crippen molar-refractivity contribution in [1.82, 2.24) is 25.0 Å². The van der Waals surface area contributed by atoms with Gasteiger partial charge in [-0.15, -0.1) is 0 Å². The van der Waals surface area contributed by atoms with Gasteiger partial charge in [-0.3, -0.25) is 9.67 Å². The Hall–Kier alpha value is -2.76. The number of aliphatic imine (C=N–C) groups is 1. The van der Waals surface area contributed by atoms with Crippen molar-refractivity contribution >= 4 is 16.9 Å². The monoisotopic (exact) mass is 338 g/mol. The SMILES string of the molecule is CN=C(NCCc1c[nH]c2c(C)cccc12)N(C)Cc1cnn(C)c1. The zero-order valence-electron chi connectivity index (χ0n) is 15.4. The molecule has 6 nitrogen and oxygen atoms in total. The lowest BCUT2D eigenvalue weighted by molar-refractivity contribution is 0.477. The van der Waals surface area contributed by atoms with Gasteiger partial charge in [0.15, 0.2) is 5.96 Å². The number of rotatable bonds is 5. The summed E-state index contributed by atoms with van der Waals surface area (Å²) in [5.41, 5.74) is 5.01. The van der Waals surface area contributed by atoms with Crippen LogP contribution in [0.3, 0.4) is 0 Å². The van der Waals surface area contributed by atoms with Gasteiger partial charge in [0, 0.05) is 63.1 Å². The normalized spacial score (nSPS) is 11.9. The lowest BCUT2D eigenvalue weighted by Gasteiger charge is -2.21. The van der Waals surface area contributed by atoms with Gasteiger partial charge in [0.25, 0.3) is 0 Å². The van der Waals surface area contributed by atoms with E-state index in [4.69, 9.17) is 0 Å². The number of aromatic amines is 1. The number of para-hydroxylation sites is 1. The van der Waals surface area contributed by atoms with Crippen molar-refractivity contribution in [2.24, 2.45) is 12.0 Å².